The molecule has 14 heavy (non-hydrogen) atoms. The van der Waals surface area contributed by atoms with E-state index in [2.05, 4.69) is 9.47 Å². The van der Waals surface area contributed by atoms with Crippen LogP contribution in [0.5, 0.6) is 0 Å². The number of carbonyl (C=O) groups excluding carboxylic acids is 1. The maximum absolute atomic E-state index is 12.5. The van der Waals surface area contributed by atoms with Gasteiger partial charge in [-0.15, -0.1) is 0 Å². The van der Waals surface area contributed by atoms with E-state index in [0.29, 0.717) is 0 Å². The third-order valence-corrected chi connectivity index (χ3v) is 1.44. The fourth-order valence-electron chi connectivity index (χ4n) is 0.541. The molecule has 0 aliphatic heterocycles. The fourth-order valence-corrected chi connectivity index (χ4v) is 0.541. The molecule has 0 saturated heterocycles. The molecule has 0 aliphatic carbocycles. The molecular formula is C7H10F4O3. The Morgan fingerprint density at radius 2 is 1.79 bits per heavy atom. The molecule has 0 heterocycles. The van der Waals surface area contributed by atoms with Crippen molar-refractivity contribution in [1.29, 1.82) is 0 Å². The molecule has 0 aromatic heterocycles. The maximum Gasteiger partial charge on any atom is 0.507 e. The highest BCUT2D eigenvalue weighted by molar-refractivity contribution is 5.59. The minimum Gasteiger partial charge on any atom is -0.438 e. The summed E-state index contributed by atoms with van der Waals surface area (Å²) >= 11 is 0. The Kier molecular flexibility index (Phi) is 4.15. The van der Waals surface area contributed by atoms with Crippen LogP contribution in [0.2, 0.25) is 0 Å². The average Bonchev–Trinajstić information content (AvgIpc) is 2.01. The van der Waals surface area contributed by atoms with Gasteiger partial charge in [-0.05, 0) is 0 Å². The number of ether oxygens (including phenoxy) is 2. The lowest BCUT2D eigenvalue weighted by molar-refractivity contribution is -0.204. The van der Waals surface area contributed by atoms with Crippen LogP contribution >= 0.6 is 0 Å². The van der Waals surface area contributed by atoms with E-state index < -0.39 is 31.0 Å². The number of rotatable bonds is 4. The smallest absolute Gasteiger partial charge is 0.438 e. The molecule has 0 spiro atoms. The Morgan fingerprint density at radius 1 is 1.29 bits per heavy atom. The Bertz CT molecular complexity index is 200. The van der Waals surface area contributed by atoms with E-state index >= 15 is 0 Å². The standard InChI is InChI=1S/C7H10F4O3/c1-6(8,9)7(10,11)3-4-14-5(12)13-2/h3-4H2,1-2H3. The molecule has 0 atom stereocenters. The molecule has 0 aliphatic rings. The van der Waals surface area contributed by atoms with Gasteiger partial charge in [-0.2, -0.15) is 8.78 Å². The molecule has 3 nitrogen and oxygen atoms in total. The van der Waals surface area contributed by atoms with Crippen LogP contribution in [-0.4, -0.2) is 31.7 Å². The Hall–Kier alpha value is -1.01. The van der Waals surface area contributed by atoms with Gasteiger partial charge in [0.25, 0.3) is 0 Å². The largest absolute Gasteiger partial charge is 0.507 e. The van der Waals surface area contributed by atoms with Crippen molar-refractivity contribution < 1.29 is 31.8 Å². The van der Waals surface area contributed by atoms with Gasteiger partial charge in [0.15, 0.2) is 0 Å². The maximum atomic E-state index is 12.5. The molecule has 7 heteroatoms. The van der Waals surface area contributed by atoms with Crippen LogP contribution < -0.4 is 0 Å². The van der Waals surface area contributed by atoms with E-state index in [9.17, 15) is 22.4 Å². The summed E-state index contributed by atoms with van der Waals surface area (Å²) in [7, 11) is 0.981. The van der Waals surface area contributed by atoms with Crippen LogP contribution in [0.1, 0.15) is 13.3 Å². The van der Waals surface area contributed by atoms with Crippen molar-refractivity contribution in [3.8, 4) is 0 Å². The molecule has 0 unspecified atom stereocenters. The van der Waals surface area contributed by atoms with E-state index in [1.165, 1.54) is 0 Å². The van der Waals surface area contributed by atoms with E-state index in [-0.39, 0.29) is 6.92 Å². The minimum atomic E-state index is -4.19. The quantitative estimate of drug-likeness (QED) is 0.537. The summed E-state index contributed by atoms with van der Waals surface area (Å²) in [6, 6.07) is 0. The van der Waals surface area contributed by atoms with E-state index in [1.54, 1.807) is 0 Å². The lowest BCUT2D eigenvalue weighted by Crippen LogP contribution is -2.38. The first kappa shape index (κ1) is 13.0. The summed E-state index contributed by atoms with van der Waals surface area (Å²) in [4.78, 5) is 10.3. The summed E-state index contributed by atoms with van der Waals surface area (Å²) in [6.07, 6.45) is -2.42. The molecule has 0 radical (unpaired) electrons. The minimum absolute atomic E-state index is 0.102. The zero-order valence-electron chi connectivity index (χ0n) is 7.65. The number of methoxy groups -OCH3 is 1. The molecule has 0 aromatic rings. The molecule has 84 valence electrons. The zero-order valence-corrected chi connectivity index (χ0v) is 7.65. The van der Waals surface area contributed by atoms with Crippen LogP contribution in [-0.2, 0) is 9.47 Å². The SMILES string of the molecule is COC(=O)OCCC(F)(F)C(C)(F)F. The normalized spacial score (nSPS) is 12.4. The molecular weight excluding hydrogens is 208 g/mol. The predicted octanol–water partition coefficient (Wildman–Crippen LogP) is 2.45. The second-order valence-electron chi connectivity index (χ2n) is 2.65. The zero-order chi connectivity index (χ0) is 11.4. The van der Waals surface area contributed by atoms with Crippen molar-refractivity contribution in [2.45, 2.75) is 25.2 Å². The van der Waals surface area contributed by atoms with Crippen LogP contribution in [0.15, 0.2) is 0 Å². The van der Waals surface area contributed by atoms with Crippen LogP contribution in [0.4, 0.5) is 22.4 Å². The van der Waals surface area contributed by atoms with Gasteiger partial charge in [0.2, 0.25) is 0 Å². The monoisotopic (exact) mass is 218 g/mol. The second-order valence-corrected chi connectivity index (χ2v) is 2.65. The molecule has 0 bridgehead atoms. The predicted molar refractivity (Wildman–Crippen MR) is 38.5 cm³/mol. The second kappa shape index (κ2) is 4.47. The number of hydrogen-bond donors (Lipinski definition) is 0. The average molecular weight is 218 g/mol. The summed E-state index contributed by atoms with van der Waals surface area (Å²) in [5.41, 5.74) is 0. The highest BCUT2D eigenvalue weighted by Crippen LogP contribution is 2.36. The van der Waals surface area contributed by atoms with E-state index in [0.717, 1.165) is 7.11 Å². The highest BCUT2D eigenvalue weighted by atomic mass is 19.3. The summed E-state index contributed by atoms with van der Waals surface area (Å²) < 4.78 is 57.4. The topological polar surface area (TPSA) is 35.5 Å². The van der Waals surface area contributed by atoms with E-state index in [1.807, 2.05) is 0 Å². The van der Waals surface area contributed by atoms with Crippen LogP contribution in [0.3, 0.4) is 0 Å². The molecule has 0 amide bonds. The van der Waals surface area contributed by atoms with Gasteiger partial charge >= 0.3 is 18.0 Å². The van der Waals surface area contributed by atoms with Gasteiger partial charge in [-0.1, -0.05) is 0 Å². The Labute approximate surface area is 78.0 Å². The Morgan fingerprint density at radius 3 is 2.14 bits per heavy atom. The highest BCUT2D eigenvalue weighted by Gasteiger charge is 2.51. The van der Waals surface area contributed by atoms with E-state index in [4.69, 9.17) is 0 Å². The van der Waals surface area contributed by atoms with Gasteiger partial charge in [-0.3, -0.25) is 0 Å². The number of carbonyl (C=O) groups is 1. The first-order valence-corrected chi connectivity index (χ1v) is 3.67. The lowest BCUT2D eigenvalue weighted by Gasteiger charge is -2.22. The van der Waals surface area contributed by atoms with Crippen molar-refractivity contribution in [3.63, 3.8) is 0 Å². The molecule has 0 rings (SSSR count). The molecule has 0 N–H and O–H groups in total. The van der Waals surface area contributed by atoms with Gasteiger partial charge in [-0.25, -0.2) is 13.6 Å². The summed E-state index contributed by atoms with van der Waals surface area (Å²) in [5, 5.41) is 0. The summed E-state index contributed by atoms with van der Waals surface area (Å²) in [6.45, 7) is -0.714. The van der Waals surface area contributed by atoms with Crippen molar-refractivity contribution in [1.82, 2.24) is 0 Å². The molecule has 0 saturated carbocycles. The van der Waals surface area contributed by atoms with Gasteiger partial charge in [0.05, 0.1) is 13.5 Å². The van der Waals surface area contributed by atoms with Gasteiger partial charge in [0, 0.05) is 6.92 Å². The van der Waals surface area contributed by atoms with Crippen LogP contribution in [0.25, 0.3) is 0 Å². The van der Waals surface area contributed by atoms with Crippen molar-refractivity contribution in [2.24, 2.45) is 0 Å². The van der Waals surface area contributed by atoms with Gasteiger partial charge < -0.3 is 9.47 Å². The third-order valence-electron chi connectivity index (χ3n) is 1.44. The number of halogens is 4. The van der Waals surface area contributed by atoms with Crippen LogP contribution in [0, 0.1) is 0 Å². The number of alkyl halides is 4. The summed E-state index contributed by atoms with van der Waals surface area (Å²) in [5.74, 6) is -8.33. The molecule has 0 aromatic carbocycles. The van der Waals surface area contributed by atoms with Gasteiger partial charge in [0.1, 0.15) is 6.61 Å². The van der Waals surface area contributed by atoms with Crippen molar-refractivity contribution >= 4 is 6.16 Å². The third kappa shape index (κ3) is 3.80. The fraction of sp³-hybridized carbons (Fsp3) is 0.857. The molecule has 0 fully saturated rings. The first-order chi connectivity index (χ1) is 6.20. The lowest BCUT2D eigenvalue weighted by atomic mass is 10.1. The van der Waals surface area contributed by atoms with Crippen molar-refractivity contribution in [3.05, 3.63) is 0 Å². The number of hydrogen-bond acceptors (Lipinski definition) is 3. The Balaban J connectivity index is 3.95. The van der Waals surface area contributed by atoms with Crippen molar-refractivity contribution in [2.75, 3.05) is 13.7 Å². The first-order valence-electron chi connectivity index (χ1n) is 3.67.